The van der Waals surface area contributed by atoms with Crippen molar-refractivity contribution in [3.05, 3.63) is 88.6 Å². The Morgan fingerprint density at radius 1 is 1.02 bits per heavy atom. The second-order valence-electron chi connectivity index (χ2n) is 9.36. The first kappa shape index (κ1) is 29.4. The number of carboxylic acid groups (broad SMARTS) is 1. The van der Waals surface area contributed by atoms with Crippen LogP contribution in [0.15, 0.2) is 54.7 Å². The van der Waals surface area contributed by atoms with Crippen LogP contribution in [0.25, 0.3) is 22.0 Å². The van der Waals surface area contributed by atoms with Crippen molar-refractivity contribution < 1.29 is 37.7 Å². The van der Waals surface area contributed by atoms with E-state index < -0.39 is 35.1 Å². The molecule has 0 saturated carbocycles. The Morgan fingerprint density at radius 2 is 1.68 bits per heavy atom. The summed E-state index contributed by atoms with van der Waals surface area (Å²) in [6.07, 6.45) is 1.52. The third-order valence-electron chi connectivity index (χ3n) is 6.60. The topological polar surface area (TPSA) is 107 Å². The van der Waals surface area contributed by atoms with Gasteiger partial charge in [0, 0.05) is 30.2 Å². The number of halogens is 2. The summed E-state index contributed by atoms with van der Waals surface area (Å²) in [5, 5.41) is 12.8. The van der Waals surface area contributed by atoms with Gasteiger partial charge in [0.15, 0.2) is 0 Å². The Labute approximate surface area is 235 Å². The molecule has 0 aliphatic rings. The summed E-state index contributed by atoms with van der Waals surface area (Å²) in [6, 6.07) is 10.6. The van der Waals surface area contributed by atoms with Gasteiger partial charge in [0.05, 0.1) is 31.9 Å². The molecule has 1 amide bonds. The minimum absolute atomic E-state index is 0.166. The average Bonchev–Trinajstić information content (AvgIpc) is 2.95. The Bertz CT molecular complexity index is 1560. The second-order valence-corrected chi connectivity index (χ2v) is 9.36. The summed E-state index contributed by atoms with van der Waals surface area (Å²) in [4.78, 5) is 29.5. The molecule has 0 spiro atoms. The smallest absolute Gasteiger partial charge is 0.326 e. The van der Waals surface area contributed by atoms with Crippen LogP contribution in [-0.2, 0) is 22.6 Å². The van der Waals surface area contributed by atoms with Gasteiger partial charge in [-0.15, -0.1) is 0 Å². The molecule has 0 fully saturated rings. The number of nitrogens with one attached hydrogen (secondary N) is 1. The van der Waals surface area contributed by atoms with Crippen LogP contribution >= 0.6 is 0 Å². The number of benzene rings is 3. The number of carbonyl (C=O) groups is 2. The fourth-order valence-corrected chi connectivity index (χ4v) is 4.66. The van der Waals surface area contributed by atoms with Gasteiger partial charge in [-0.25, -0.2) is 13.6 Å². The number of aromatic nitrogens is 1. The van der Waals surface area contributed by atoms with Crippen molar-refractivity contribution in [1.29, 1.82) is 0 Å². The van der Waals surface area contributed by atoms with Gasteiger partial charge >= 0.3 is 5.97 Å². The standard InChI is InChI=1S/C31H30F2N2O6/c1-5-41-16-18-12-25(39-3)27(26(13-18)40-4)20-10-9-19(21-11-17(2)15-34-29(20)21)14-24(31(37)38)35-30(36)28-22(32)7-6-8-23(28)33/h6-13,15,24H,5,14,16H2,1-4H3,(H,35,36)(H,37,38)/t24-/m0/s1. The second kappa shape index (κ2) is 12.7. The van der Waals surface area contributed by atoms with Crippen molar-refractivity contribution in [2.24, 2.45) is 0 Å². The number of aryl methyl sites for hydroxylation is 1. The monoisotopic (exact) mass is 564 g/mol. The molecule has 0 radical (unpaired) electrons. The van der Waals surface area contributed by atoms with Crippen LogP contribution in [0, 0.1) is 18.6 Å². The third-order valence-corrected chi connectivity index (χ3v) is 6.60. The number of hydrogen-bond donors (Lipinski definition) is 2. The van der Waals surface area contributed by atoms with E-state index in [1.54, 1.807) is 32.5 Å². The van der Waals surface area contributed by atoms with Gasteiger partial charge in [0.1, 0.15) is 34.7 Å². The molecular weight excluding hydrogens is 534 g/mol. The lowest BCUT2D eigenvalue weighted by Gasteiger charge is -2.20. The Balaban J connectivity index is 1.78. The number of pyridine rings is 1. The molecule has 0 bridgehead atoms. The molecule has 41 heavy (non-hydrogen) atoms. The number of aliphatic carboxylic acids is 1. The molecule has 4 rings (SSSR count). The lowest BCUT2D eigenvalue weighted by Crippen LogP contribution is -2.43. The van der Waals surface area contributed by atoms with Crippen molar-refractivity contribution in [1.82, 2.24) is 10.3 Å². The fourth-order valence-electron chi connectivity index (χ4n) is 4.66. The predicted octanol–water partition coefficient (Wildman–Crippen LogP) is 5.47. The number of rotatable bonds is 11. The number of carbonyl (C=O) groups excluding carboxylic acids is 1. The first-order valence-corrected chi connectivity index (χ1v) is 12.9. The average molecular weight is 565 g/mol. The number of nitrogens with zero attached hydrogens (tertiary/aromatic N) is 1. The van der Waals surface area contributed by atoms with Gasteiger partial charge in [0.2, 0.25) is 0 Å². The van der Waals surface area contributed by atoms with E-state index in [4.69, 9.17) is 14.2 Å². The minimum Gasteiger partial charge on any atom is -0.496 e. The molecule has 3 aromatic carbocycles. The number of hydrogen-bond acceptors (Lipinski definition) is 6. The van der Waals surface area contributed by atoms with Crippen molar-refractivity contribution in [2.45, 2.75) is 32.9 Å². The molecule has 1 heterocycles. The largest absolute Gasteiger partial charge is 0.496 e. The molecule has 4 aromatic rings. The summed E-state index contributed by atoms with van der Waals surface area (Å²) >= 11 is 0. The zero-order valence-corrected chi connectivity index (χ0v) is 23.1. The molecule has 8 nitrogen and oxygen atoms in total. The number of ether oxygens (including phenoxy) is 3. The SMILES string of the molecule is CCOCc1cc(OC)c(-c2ccc(C[C@H](NC(=O)c3c(F)cccc3F)C(=O)O)c3cc(C)cnc23)c(OC)c1. The zero-order valence-electron chi connectivity index (χ0n) is 23.1. The molecule has 2 N–H and O–H groups in total. The highest BCUT2D eigenvalue weighted by Crippen LogP contribution is 2.43. The zero-order chi connectivity index (χ0) is 29.7. The molecule has 214 valence electrons. The van der Waals surface area contributed by atoms with Crippen LogP contribution < -0.4 is 14.8 Å². The number of methoxy groups -OCH3 is 2. The normalized spacial score (nSPS) is 11.8. The highest BCUT2D eigenvalue weighted by Gasteiger charge is 2.26. The molecule has 1 aromatic heterocycles. The number of amides is 1. The lowest BCUT2D eigenvalue weighted by atomic mass is 9.93. The minimum atomic E-state index is -1.47. The van der Waals surface area contributed by atoms with Crippen LogP contribution in [0.3, 0.4) is 0 Å². The van der Waals surface area contributed by atoms with E-state index in [1.165, 1.54) is 0 Å². The predicted molar refractivity (Wildman–Crippen MR) is 149 cm³/mol. The van der Waals surface area contributed by atoms with E-state index in [9.17, 15) is 23.5 Å². The molecule has 10 heteroatoms. The summed E-state index contributed by atoms with van der Waals surface area (Å²) in [5.74, 6) is -3.62. The van der Waals surface area contributed by atoms with Crippen molar-refractivity contribution in [3.8, 4) is 22.6 Å². The maximum atomic E-state index is 14.2. The quantitative estimate of drug-likeness (QED) is 0.249. The van der Waals surface area contributed by atoms with E-state index in [0.717, 1.165) is 29.3 Å². The molecule has 0 saturated heterocycles. The lowest BCUT2D eigenvalue weighted by molar-refractivity contribution is -0.139. The van der Waals surface area contributed by atoms with Gasteiger partial charge in [-0.2, -0.15) is 0 Å². The van der Waals surface area contributed by atoms with E-state index >= 15 is 0 Å². The Kier molecular flexibility index (Phi) is 9.14. The van der Waals surface area contributed by atoms with Gasteiger partial charge in [-0.05, 0) is 60.9 Å². The van der Waals surface area contributed by atoms with E-state index in [0.29, 0.717) is 52.3 Å². The van der Waals surface area contributed by atoms with Crippen LogP contribution in [0.2, 0.25) is 0 Å². The van der Waals surface area contributed by atoms with Gasteiger partial charge in [-0.3, -0.25) is 9.78 Å². The molecular formula is C31H30F2N2O6. The van der Waals surface area contributed by atoms with Crippen LogP contribution in [0.5, 0.6) is 11.5 Å². The van der Waals surface area contributed by atoms with Crippen molar-refractivity contribution in [2.75, 3.05) is 20.8 Å². The highest BCUT2D eigenvalue weighted by molar-refractivity contribution is 6.00. The van der Waals surface area contributed by atoms with Crippen LogP contribution in [0.4, 0.5) is 8.78 Å². The van der Waals surface area contributed by atoms with Gasteiger partial charge in [-0.1, -0.05) is 18.2 Å². The van der Waals surface area contributed by atoms with Crippen LogP contribution in [0.1, 0.15) is 34.0 Å². The summed E-state index contributed by atoms with van der Waals surface area (Å²) < 4.78 is 45.3. The summed E-state index contributed by atoms with van der Waals surface area (Å²) in [6.45, 7) is 4.68. The van der Waals surface area contributed by atoms with Gasteiger partial charge < -0.3 is 24.6 Å². The van der Waals surface area contributed by atoms with Crippen molar-refractivity contribution in [3.63, 3.8) is 0 Å². The Morgan fingerprint density at radius 3 is 2.27 bits per heavy atom. The molecule has 0 aliphatic carbocycles. The maximum absolute atomic E-state index is 14.2. The third kappa shape index (κ3) is 6.28. The van der Waals surface area contributed by atoms with Crippen molar-refractivity contribution >= 4 is 22.8 Å². The number of carboxylic acids is 1. The Hall–Kier alpha value is -4.57. The molecule has 1 atom stereocenters. The summed E-state index contributed by atoms with van der Waals surface area (Å²) in [5.41, 5.74) is 3.30. The number of fused-ring (bicyclic) bond motifs is 1. The van der Waals surface area contributed by atoms with Crippen LogP contribution in [-0.4, -0.2) is 48.8 Å². The van der Waals surface area contributed by atoms with Gasteiger partial charge in [0.25, 0.3) is 5.91 Å². The fraction of sp³-hybridized carbons (Fsp3) is 0.258. The maximum Gasteiger partial charge on any atom is 0.326 e. The summed E-state index contributed by atoms with van der Waals surface area (Å²) in [7, 11) is 3.10. The van der Waals surface area contributed by atoms with E-state index in [-0.39, 0.29) is 6.42 Å². The molecule has 0 unspecified atom stereocenters. The first-order valence-electron chi connectivity index (χ1n) is 12.9. The molecule has 0 aliphatic heterocycles. The first-order chi connectivity index (χ1) is 19.7. The van der Waals surface area contributed by atoms with E-state index in [1.807, 2.05) is 32.0 Å². The van der Waals surface area contributed by atoms with E-state index in [2.05, 4.69) is 10.3 Å². The highest BCUT2D eigenvalue weighted by atomic mass is 19.1.